The van der Waals surface area contributed by atoms with Crippen LogP contribution in [-0.4, -0.2) is 15.5 Å². The minimum Gasteiger partial charge on any atom is -0.507 e. The van der Waals surface area contributed by atoms with Crippen molar-refractivity contribution in [2.75, 3.05) is 0 Å². The Morgan fingerprint density at radius 1 is 1.15 bits per heavy atom. The fourth-order valence-electron chi connectivity index (χ4n) is 3.06. The second-order valence-electron chi connectivity index (χ2n) is 6.87. The van der Waals surface area contributed by atoms with Gasteiger partial charge in [0, 0.05) is 18.3 Å². The number of phenols is 1. The number of carbonyl (C=O) groups is 1. The lowest BCUT2D eigenvalue weighted by Crippen LogP contribution is -2.24. The first kappa shape index (κ1) is 20.4. The van der Waals surface area contributed by atoms with E-state index in [1.165, 1.54) is 42.2 Å². The lowest BCUT2D eigenvalue weighted by atomic mass is 10.0. The van der Waals surface area contributed by atoms with Crippen molar-refractivity contribution in [1.82, 2.24) is 4.57 Å². The second kappa shape index (κ2) is 9.72. The molecule has 1 N–H and O–H groups in total. The molecule has 1 heterocycles. The molecule has 0 saturated carbocycles. The van der Waals surface area contributed by atoms with Gasteiger partial charge in [0.1, 0.15) is 17.4 Å². The highest BCUT2D eigenvalue weighted by molar-refractivity contribution is 6.10. The second-order valence-corrected chi connectivity index (χ2v) is 6.87. The normalized spacial score (nSPS) is 10.6. The van der Waals surface area contributed by atoms with Crippen LogP contribution in [0.5, 0.6) is 5.75 Å². The Hall–Kier alpha value is -2.87. The number of phenolic OH excluding ortho intramolecular Hbond substituents is 1. The molecule has 142 valence electrons. The Balaban J connectivity index is 2.25. The number of aromatic hydroxyl groups is 1. The van der Waals surface area contributed by atoms with Crippen molar-refractivity contribution in [3.8, 4) is 11.8 Å². The van der Waals surface area contributed by atoms with Crippen LogP contribution in [0, 0.1) is 18.3 Å². The largest absolute Gasteiger partial charge is 0.507 e. The number of rotatable bonds is 9. The Morgan fingerprint density at radius 2 is 1.85 bits per heavy atom. The molecule has 0 unspecified atom stereocenters. The van der Waals surface area contributed by atoms with E-state index in [4.69, 9.17) is 0 Å². The van der Waals surface area contributed by atoms with E-state index < -0.39 is 5.78 Å². The number of nitriles is 1. The SMILES string of the molecule is CCCCCCCCn1cc(C(=O)c2cc(C)ccc2O)cc(C#N)c1=O. The highest BCUT2D eigenvalue weighted by atomic mass is 16.3. The molecular formula is C22H26N2O3. The molecule has 0 radical (unpaired) electrons. The molecule has 1 aromatic heterocycles. The predicted octanol–water partition coefficient (Wildman–Crippen LogP) is 4.33. The summed E-state index contributed by atoms with van der Waals surface area (Å²) in [5.74, 6) is -0.512. The van der Waals surface area contributed by atoms with Crippen molar-refractivity contribution < 1.29 is 9.90 Å². The Bertz CT molecular complexity index is 907. The van der Waals surface area contributed by atoms with E-state index in [1.54, 1.807) is 12.1 Å². The number of hydrogen-bond donors (Lipinski definition) is 1. The summed E-state index contributed by atoms with van der Waals surface area (Å²) in [7, 11) is 0. The predicted molar refractivity (Wildman–Crippen MR) is 105 cm³/mol. The number of pyridine rings is 1. The summed E-state index contributed by atoms with van der Waals surface area (Å²) in [5.41, 5.74) is 0.814. The monoisotopic (exact) mass is 366 g/mol. The summed E-state index contributed by atoms with van der Waals surface area (Å²) in [6.07, 6.45) is 8.01. The molecule has 0 amide bonds. The molecule has 0 saturated heterocycles. The number of aromatic nitrogens is 1. The molecule has 0 aliphatic heterocycles. The number of aryl methyl sites for hydroxylation is 2. The van der Waals surface area contributed by atoms with Gasteiger partial charge in [-0.1, -0.05) is 50.7 Å². The minimum absolute atomic E-state index is 0.0565. The van der Waals surface area contributed by atoms with Gasteiger partial charge in [0.15, 0.2) is 5.78 Å². The van der Waals surface area contributed by atoms with Gasteiger partial charge in [-0.25, -0.2) is 0 Å². The lowest BCUT2D eigenvalue weighted by molar-refractivity contribution is 0.103. The van der Waals surface area contributed by atoms with Crippen LogP contribution in [0.4, 0.5) is 0 Å². The van der Waals surface area contributed by atoms with Crippen LogP contribution in [0.3, 0.4) is 0 Å². The summed E-state index contributed by atoms with van der Waals surface area (Å²) in [5, 5.41) is 19.3. The van der Waals surface area contributed by atoms with E-state index in [-0.39, 0.29) is 28.0 Å². The van der Waals surface area contributed by atoms with Gasteiger partial charge < -0.3 is 9.67 Å². The lowest BCUT2D eigenvalue weighted by Gasteiger charge is -2.10. The van der Waals surface area contributed by atoms with Gasteiger partial charge in [-0.2, -0.15) is 5.26 Å². The van der Waals surface area contributed by atoms with Crippen LogP contribution in [-0.2, 0) is 6.54 Å². The maximum atomic E-state index is 12.8. The van der Waals surface area contributed by atoms with Crippen molar-refractivity contribution in [2.24, 2.45) is 0 Å². The van der Waals surface area contributed by atoms with Gasteiger partial charge in [-0.05, 0) is 31.5 Å². The van der Waals surface area contributed by atoms with E-state index in [2.05, 4.69) is 6.92 Å². The van der Waals surface area contributed by atoms with Gasteiger partial charge in [0.25, 0.3) is 5.56 Å². The number of hydrogen-bond acceptors (Lipinski definition) is 4. The minimum atomic E-state index is -0.399. The first-order chi connectivity index (χ1) is 13.0. The fraction of sp³-hybridized carbons (Fsp3) is 0.409. The third kappa shape index (κ3) is 5.30. The molecular weight excluding hydrogens is 340 g/mol. The quantitative estimate of drug-likeness (QED) is 0.529. The molecule has 0 aliphatic rings. The Labute approximate surface area is 159 Å². The van der Waals surface area contributed by atoms with E-state index in [9.17, 15) is 20.0 Å². The zero-order valence-corrected chi connectivity index (χ0v) is 16.0. The van der Waals surface area contributed by atoms with Crippen LogP contribution in [0.15, 0.2) is 35.3 Å². The van der Waals surface area contributed by atoms with Gasteiger partial charge in [0.05, 0.1) is 5.56 Å². The fourth-order valence-corrected chi connectivity index (χ4v) is 3.06. The van der Waals surface area contributed by atoms with Crippen LogP contribution >= 0.6 is 0 Å². The highest BCUT2D eigenvalue weighted by Gasteiger charge is 2.17. The summed E-state index contributed by atoms with van der Waals surface area (Å²) in [6, 6.07) is 7.98. The molecule has 27 heavy (non-hydrogen) atoms. The third-order valence-corrected chi connectivity index (χ3v) is 4.62. The summed E-state index contributed by atoms with van der Waals surface area (Å²) < 4.78 is 1.44. The Kier molecular flexibility index (Phi) is 7.36. The summed E-state index contributed by atoms with van der Waals surface area (Å²) in [6.45, 7) is 4.47. The van der Waals surface area contributed by atoms with Crippen molar-refractivity contribution in [1.29, 1.82) is 5.26 Å². The van der Waals surface area contributed by atoms with Crippen molar-refractivity contribution in [3.63, 3.8) is 0 Å². The molecule has 0 spiro atoms. The first-order valence-electron chi connectivity index (χ1n) is 9.46. The smallest absolute Gasteiger partial charge is 0.268 e. The number of benzene rings is 1. The van der Waals surface area contributed by atoms with Gasteiger partial charge in [-0.3, -0.25) is 9.59 Å². The number of nitrogens with zero attached hydrogens (tertiary/aromatic N) is 2. The van der Waals surface area contributed by atoms with Crippen molar-refractivity contribution in [2.45, 2.75) is 58.9 Å². The van der Waals surface area contributed by atoms with E-state index in [0.717, 1.165) is 24.8 Å². The topological polar surface area (TPSA) is 83.1 Å². The maximum Gasteiger partial charge on any atom is 0.268 e. The molecule has 2 rings (SSSR count). The van der Waals surface area contributed by atoms with Crippen LogP contribution in [0.1, 0.15) is 72.5 Å². The molecule has 0 bridgehead atoms. The Morgan fingerprint density at radius 3 is 2.56 bits per heavy atom. The molecule has 5 heteroatoms. The van der Waals surface area contributed by atoms with E-state index >= 15 is 0 Å². The average Bonchev–Trinajstić information content (AvgIpc) is 2.67. The molecule has 0 atom stereocenters. The first-order valence-corrected chi connectivity index (χ1v) is 9.46. The maximum absolute atomic E-state index is 12.8. The zero-order chi connectivity index (χ0) is 19.8. The molecule has 2 aromatic rings. The molecule has 0 aliphatic carbocycles. The van der Waals surface area contributed by atoms with Gasteiger partial charge in [-0.15, -0.1) is 0 Å². The number of carbonyl (C=O) groups excluding carboxylic acids is 1. The average molecular weight is 366 g/mol. The van der Waals surface area contributed by atoms with Gasteiger partial charge >= 0.3 is 0 Å². The molecule has 0 fully saturated rings. The molecule has 1 aromatic carbocycles. The van der Waals surface area contributed by atoms with Crippen molar-refractivity contribution >= 4 is 5.78 Å². The summed E-state index contributed by atoms with van der Waals surface area (Å²) in [4.78, 5) is 25.2. The van der Waals surface area contributed by atoms with Crippen LogP contribution in [0.2, 0.25) is 0 Å². The third-order valence-electron chi connectivity index (χ3n) is 4.62. The highest BCUT2D eigenvalue weighted by Crippen LogP contribution is 2.22. The molecule has 5 nitrogen and oxygen atoms in total. The van der Waals surface area contributed by atoms with Gasteiger partial charge in [0.2, 0.25) is 0 Å². The van der Waals surface area contributed by atoms with Crippen LogP contribution < -0.4 is 5.56 Å². The standard InChI is InChI=1S/C22H26N2O3/c1-3-4-5-6-7-8-11-24-15-18(13-17(14-23)22(24)27)21(26)19-12-16(2)9-10-20(19)25/h9-10,12-13,15,25H,3-8,11H2,1-2H3. The summed E-state index contributed by atoms with van der Waals surface area (Å²) >= 11 is 0. The van der Waals surface area contributed by atoms with Crippen LogP contribution in [0.25, 0.3) is 0 Å². The number of ketones is 1. The zero-order valence-electron chi connectivity index (χ0n) is 16.0. The van der Waals surface area contributed by atoms with E-state index in [0.29, 0.717) is 6.54 Å². The van der Waals surface area contributed by atoms with Crippen molar-refractivity contribution in [3.05, 3.63) is 63.1 Å². The number of unbranched alkanes of at least 4 members (excludes halogenated alkanes) is 5. The van der Waals surface area contributed by atoms with E-state index in [1.807, 2.05) is 13.0 Å².